The number of anilines is 3. The molecule has 0 atom stereocenters. The van der Waals surface area contributed by atoms with Crippen LogP contribution in [0, 0.1) is 0 Å². The van der Waals surface area contributed by atoms with Crippen LogP contribution in [0.2, 0.25) is 0 Å². The van der Waals surface area contributed by atoms with E-state index in [2.05, 4.69) is 96.4 Å². The van der Waals surface area contributed by atoms with Gasteiger partial charge in [0.2, 0.25) is 0 Å². The summed E-state index contributed by atoms with van der Waals surface area (Å²) in [5.41, 5.74) is 5.40. The molecule has 3 heteroatoms. The van der Waals surface area contributed by atoms with E-state index in [1.165, 1.54) is 0 Å². The normalized spacial score (nSPS) is 10.8. The molecule has 0 bridgehead atoms. The maximum absolute atomic E-state index is 4.95. The van der Waals surface area contributed by atoms with Crippen LogP contribution < -0.4 is 4.90 Å². The second-order valence-electron chi connectivity index (χ2n) is 6.13. The number of aryl methyl sites for hydroxylation is 1. The van der Waals surface area contributed by atoms with Gasteiger partial charge in [-0.1, -0.05) is 54.6 Å². The Labute approximate surface area is 159 Å². The fraction of sp³-hybridized carbons (Fsp3) is 0.0870. The molecule has 1 heterocycles. The molecule has 0 amide bonds. The van der Waals surface area contributed by atoms with Gasteiger partial charge in [-0.15, -0.1) is 0 Å². The van der Waals surface area contributed by atoms with Crippen LogP contribution in [0.25, 0.3) is 10.9 Å². The molecular weight excluding hydrogens is 336 g/mol. The Morgan fingerprint density at radius 1 is 0.692 bits per heavy atom. The van der Waals surface area contributed by atoms with Crippen molar-refractivity contribution in [3.63, 3.8) is 0 Å². The lowest BCUT2D eigenvalue weighted by atomic mass is 10.1. The molecule has 26 heavy (non-hydrogen) atoms. The first-order chi connectivity index (χ1) is 12.9. The topological polar surface area (TPSA) is 16.1 Å². The quantitative estimate of drug-likeness (QED) is 0.430. The smallest absolute Gasteiger partial charge is 0.0945 e. The first-order valence-electron chi connectivity index (χ1n) is 8.76. The molecule has 0 aliphatic rings. The number of hydrogen-bond acceptors (Lipinski definition) is 3. The van der Waals surface area contributed by atoms with Crippen molar-refractivity contribution in [1.82, 2.24) is 4.98 Å². The number of benzene rings is 3. The van der Waals surface area contributed by atoms with Crippen molar-refractivity contribution in [3.8, 4) is 0 Å². The Kier molecular flexibility index (Phi) is 4.89. The number of thiol groups is 1. The van der Waals surface area contributed by atoms with E-state index in [-0.39, 0.29) is 0 Å². The summed E-state index contributed by atoms with van der Waals surface area (Å²) in [6.07, 6.45) is 0.865. The third kappa shape index (κ3) is 3.31. The maximum atomic E-state index is 4.95. The first kappa shape index (κ1) is 16.7. The van der Waals surface area contributed by atoms with Crippen LogP contribution in [-0.2, 0) is 6.42 Å². The predicted molar refractivity (Wildman–Crippen MR) is 114 cm³/mol. The Morgan fingerprint density at radius 2 is 1.35 bits per heavy atom. The second kappa shape index (κ2) is 7.63. The Hall–Kier alpha value is -2.78. The third-order valence-electron chi connectivity index (χ3n) is 4.39. The summed E-state index contributed by atoms with van der Waals surface area (Å²) >= 11 is 4.36. The minimum absolute atomic E-state index is 0.793. The predicted octanol–water partition coefficient (Wildman–Crippen LogP) is 6.18. The largest absolute Gasteiger partial charge is 0.308 e. The highest BCUT2D eigenvalue weighted by Gasteiger charge is 2.15. The van der Waals surface area contributed by atoms with Crippen LogP contribution >= 0.6 is 12.6 Å². The average Bonchev–Trinajstić information content (AvgIpc) is 2.70. The molecule has 0 saturated carbocycles. The molecule has 0 spiro atoms. The van der Waals surface area contributed by atoms with Crippen molar-refractivity contribution >= 4 is 40.6 Å². The van der Waals surface area contributed by atoms with Crippen LogP contribution in [0.15, 0.2) is 91.0 Å². The van der Waals surface area contributed by atoms with Gasteiger partial charge in [-0.25, -0.2) is 0 Å². The lowest BCUT2D eigenvalue weighted by molar-refractivity contribution is 1.07. The van der Waals surface area contributed by atoms with E-state index < -0.39 is 0 Å². The summed E-state index contributed by atoms with van der Waals surface area (Å²) in [5.74, 6) is 0.793. The van der Waals surface area contributed by atoms with E-state index >= 15 is 0 Å². The van der Waals surface area contributed by atoms with Gasteiger partial charge < -0.3 is 4.90 Å². The Morgan fingerprint density at radius 3 is 1.96 bits per heavy atom. The van der Waals surface area contributed by atoms with Crippen molar-refractivity contribution in [2.45, 2.75) is 6.42 Å². The lowest BCUT2D eigenvalue weighted by Crippen LogP contribution is -2.11. The van der Waals surface area contributed by atoms with E-state index in [0.717, 1.165) is 45.8 Å². The molecule has 4 aromatic rings. The molecular formula is C23H20N2S. The third-order valence-corrected chi connectivity index (χ3v) is 4.62. The molecule has 0 radical (unpaired) electrons. The number of para-hydroxylation sites is 3. The first-order valence-corrected chi connectivity index (χ1v) is 9.40. The summed E-state index contributed by atoms with van der Waals surface area (Å²) in [5, 5.41) is 1.14. The number of nitrogens with zero attached hydrogens (tertiary/aromatic N) is 2. The van der Waals surface area contributed by atoms with E-state index in [4.69, 9.17) is 4.98 Å². The number of fused-ring (bicyclic) bond motifs is 1. The zero-order valence-electron chi connectivity index (χ0n) is 14.4. The van der Waals surface area contributed by atoms with E-state index in [9.17, 15) is 0 Å². The van der Waals surface area contributed by atoms with Gasteiger partial charge in [-0.05, 0) is 48.6 Å². The van der Waals surface area contributed by atoms with Gasteiger partial charge in [0.25, 0.3) is 0 Å². The summed E-state index contributed by atoms with van der Waals surface area (Å²) in [4.78, 5) is 7.21. The van der Waals surface area contributed by atoms with Crippen molar-refractivity contribution < 1.29 is 0 Å². The van der Waals surface area contributed by atoms with Gasteiger partial charge in [0.15, 0.2) is 0 Å². The molecule has 4 rings (SSSR count). The van der Waals surface area contributed by atoms with Crippen LogP contribution in [0.5, 0.6) is 0 Å². The monoisotopic (exact) mass is 356 g/mol. The van der Waals surface area contributed by atoms with Gasteiger partial charge >= 0.3 is 0 Å². The lowest BCUT2D eigenvalue weighted by Gasteiger charge is -2.26. The molecule has 0 N–H and O–H groups in total. The molecule has 0 aliphatic carbocycles. The highest BCUT2D eigenvalue weighted by molar-refractivity contribution is 7.80. The van der Waals surface area contributed by atoms with Crippen LogP contribution in [0.3, 0.4) is 0 Å². The number of pyridine rings is 1. The van der Waals surface area contributed by atoms with E-state index in [1.54, 1.807) is 0 Å². The fourth-order valence-electron chi connectivity index (χ4n) is 3.19. The number of hydrogen-bond donors (Lipinski definition) is 1. The van der Waals surface area contributed by atoms with Gasteiger partial charge in [-0.2, -0.15) is 12.6 Å². The maximum Gasteiger partial charge on any atom is 0.0945 e. The minimum Gasteiger partial charge on any atom is -0.308 e. The summed E-state index contributed by atoms with van der Waals surface area (Å²) in [7, 11) is 0. The highest BCUT2D eigenvalue weighted by Crippen LogP contribution is 2.37. The summed E-state index contributed by atoms with van der Waals surface area (Å²) < 4.78 is 0. The number of aromatic nitrogens is 1. The fourth-order valence-corrected chi connectivity index (χ4v) is 3.42. The zero-order valence-corrected chi connectivity index (χ0v) is 15.3. The van der Waals surface area contributed by atoms with E-state index in [0.29, 0.717) is 0 Å². The summed E-state index contributed by atoms with van der Waals surface area (Å²) in [6.45, 7) is 0. The van der Waals surface area contributed by atoms with Crippen LogP contribution in [-0.4, -0.2) is 10.7 Å². The van der Waals surface area contributed by atoms with Gasteiger partial charge in [-0.3, -0.25) is 4.98 Å². The SMILES string of the molecule is SCCc1ccc2cccc(N(c3ccccc3)c3ccccc3)c2n1. The Balaban J connectivity index is 1.95. The second-order valence-corrected chi connectivity index (χ2v) is 6.58. The van der Waals surface area contributed by atoms with Crippen molar-refractivity contribution in [1.29, 1.82) is 0 Å². The highest BCUT2D eigenvalue weighted by atomic mass is 32.1. The molecule has 0 aliphatic heterocycles. The van der Waals surface area contributed by atoms with Crippen LogP contribution in [0.1, 0.15) is 5.69 Å². The summed E-state index contributed by atoms with van der Waals surface area (Å²) in [6, 6.07) is 31.5. The van der Waals surface area contributed by atoms with Crippen LogP contribution in [0.4, 0.5) is 17.1 Å². The van der Waals surface area contributed by atoms with Gasteiger partial charge in [0, 0.05) is 22.5 Å². The minimum atomic E-state index is 0.793. The standard InChI is InChI=1S/C23H20N2S/c26-17-16-19-15-14-18-8-7-13-22(23(18)24-19)25(20-9-3-1-4-10-20)21-11-5-2-6-12-21/h1-15,26H,16-17H2. The average molecular weight is 356 g/mol. The molecule has 0 saturated heterocycles. The van der Waals surface area contributed by atoms with Gasteiger partial charge in [0.05, 0.1) is 11.2 Å². The van der Waals surface area contributed by atoms with Crippen molar-refractivity contribution in [2.75, 3.05) is 10.7 Å². The van der Waals surface area contributed by atoms with Crippen molar-refractivity contribution in [2.24, 2.45) is 0 Å². The van der Waals surface area contributed by atoms with Gasteiger partial charge in [0.1, 0.15) is 0 Å². The number of rotatable bonds is 5. The molecule has 0 fully saturated rings. The zero-order chi connectivity index (χ0) is 17.8. The molecule has 0 unspecified atom stereocenters. The van der Waals surface area contributed by atoms with Crippen molar-refractivity contribution in [3.05, 3.63) is 96.7 Å². The van der Waals surface area contributed by atoms with E-state index in [1.807, 2.05) is 12.1 Å². The molecule has 1 aromatic heterocycles. The molecule has 3 aromatic carbocycles. The molecule has 128 valence electrons. The Bertz CT molecular complexity index is 961. The molecule has 2 nitrogen and oxygen atoms in total.